The van der Waals surface area contributed by atoms with Crippen LogP contribution in [0.25, 0.3) is 17.2 Å². The van der Waals surface area contributed by atoms with Crippen LogP contribution in [0.4, 0.5) is 0 Å². The number of carbonyl (C=O) groups excluding carboxylic acids is 1. The first-order valence-corrected chi connectivity index (χ1v) is 7.91. The molecule has 0 unspecified atom stereocenters. The molecular formula is C20H23NO4. The molecule has 0 amide bonds. The van der Waals surface area contributed by atoms with Crippen LogP contribution in [0.2, 0.25) is 0 Å². The molecule has 2 aromatic rings. The number of methoxy groups -OCH3 is 2. The maximum Gasteiger partial charge on any atom is 0.330 e. The van der Waals surface area contributed by atoms with Crippen LogP contribution >= 0.6 is 0 Å². The lowest BCUT2D eigenvalue weighted by atomic mass is 9.83. The lowest BCUT2D eigenvalue weighted by molar-refractivity contribution is -0.134. The maximum absolute atomic E-state index is 11.4. The Balaban J connectivity index is 2.70. The van der Waals surface area contributed by atoms with Crippen molar-refractivity contribution in [1.29, 1.82) is 0 Å². The molecule has 0 radical (unpaired) electrons. The number of hydrogen-bond acceptors (Lipinski definition) is 5. The molecule has 0 atom stereocenters. The van der Waals surface area contributed by atoms with Gasteiger partial charge in [0.1, 0.15) is 5.75 Å². The molecule has 0 aliphatic rings. The molecule has 0 fully saturated rings. The topological polar surface area (TPSA) is 68.7 Å². The number of aromatic nitrogens is 1. The van der Waals surface area contributed by atoms with Crippen LogP contribution in [0.15, 0.2) is 36.5 Å². The standard InChI is InChI=1S/C20H23NO4/c1-20(2,3)14-11-13(8-9-17(22)24-4)18(23)16(12-14)15-7-6-10-21-19(15)25-5/h6-12,23H,1-5H3. The van der Waals surface area contributed by atoms with Crippen molar-refractivity contribution >= 4 is 12.0 Å². The van der Waals surface area contributed by atoms with E-state index in [-0.39, 0.29) is 11.2 Å². The van der Waals surface area contributed by atoms with Crippen molar-refractivity contribution in [2.45, 2.75) is 26.2 Å². The third-order valence-electron chi connectivity index (χ3n) is 3.86. The number of carbonyl (C=O) groups is 1. The van der Waals surface area contributed by atoms with Crippen molar-refractivity contribution in [3.8, 4) is 22.8 Å². The van der Waals surface area contributed by atoms with E-state index in [0.29, 0.717) is 22.6 Å². The average Bonchev–Trinajstić information content (AvgIpc) is 2.59. The van der Waals surface area contributed by atoms with Gasteiger partial charge in [-0.05, 0) is 41.3 Å². The van der Waals surface area contributed by atoms with Crippen LogP contribution in [-0.4, -0.2) is 30.3 Å². The Hall–Kier alpha value is -2.82. The van der Waals surface area contributed by atoms with Gasteiger partial charge in [0.05, 0.1) is 14.2 Å². The fourth-order valence-electron chi connectivity index (χ4n) is 2.41. The monoisotopic (exact) mass is 341 g/mol. The van der Waals surface area contributed by atoms with Crippen molar-refractivity contribution in [3.63, 3.8) is 0 Å². The Morgan fingerprint density at radius 1 is 1.20 bits per heavy atom. The molecule has 0 saturated carbocycles. The van der Waals surface area contributed by atoms with E-state index in [1.54, 1.807) is 18.3 Å². The molecule has 132 valence electrons. The Morgan fingerprint density at radius 2 is 1.92 bits per heavy atom. The van der Waals surface area contributed by atoms with E-state index in [2.05, 4.69) is 30.5 Å². The van der Waals surface area contributed by atoms with Gasteiger partial charge in [-0.25, -0.2) is 9.78 Å². The van der Waals surface area contributed by atoms with Crippen LogP contribution in [0.3, 0.4) is 0 Å². The van der Waals surface area contributed by atoms with Gasteiger partial charge in [-0.3, -0.25) is 0 Å². The highest BCUT2D eigenvalue weighted by molar-refractivity contribution is 5.89. The van der Waals surface area contributed by atoms with E-state index in [9.17, 15) is 9.90 Å². The zero-order valence-electron chi connectivity index (χ0n) is 15.2. The summed E-state index contributed by atoms with van der Waals surface area (Å²) in [5, 5.41) is 10.8. The second-order valence-electron chi connectivity index (χ2n) is 6.63. The van der Waals surface area contributed by atoms with E-state index >= 15 is 0 Å². The number of benzene rings is 1. The van der Waals surface area contributed by atoms with Gasteiger partial charge in [0.2, 0.25) is 5.88 Å². The molecule has 25 heavy (non-hydrogen) atoms. The van der Waals surface area contributed by atoms with Crippen LogP contribution < -0.4 is 4.74 Å². The first kappa shape index (κ1) is 18.5. The molecule has 5 nitrogen and oxygen atoms in total. The molecule has 5 heteroatoms. The summed E-state index contributed by atoms with van der Waals surface area (Å²) in [5.41, 5.74) is 2.67. The summed E-state index contributed by atoms with van der Waals surface area (Å²) in [6.45, 7) is 6.24. The minimum atomic E-state index is -0.485. The third-order valence-corrected chi connectivity index (χ3v) is 3.86. The molecule has 1 aromatic carbocycles. The van der Waals surface area contributed by atoms with Gasteiger partial charge < -0.3 is 14.6 Å². The predicted molar refractivity (Wildman–Crippen MR) is 97.6 cm³/mol. The Morgan fingerprint density at radius 3 is 2.52 bits per heavy atom. The third kappa shape index (κ3) is 4.18. The van der Waals surface area contributed by atoms with Crippen molar-refractivity contribution < 1.29 is 19.4 Å². The minimum Gasteiger partial charge on any atom is -0.507 e. The molecule has 0 spiro atoms. The smallest absolute Gasteiger partial charge is 0.330 e. The number of rotatable bonds is 4. The van der Waals surface area contributed by atoms with Crippen LogP contribution in [0, 0.1) is 0 Å². The zero-order valence-corrected chi connectivity index (χ0v) is 15.2. The highest BCUT2D eigenvalue weighted by Crippen LogP contribution is 2.40. The average molecular weight is 341 g/mol. The SMILES string of the molecule is COC(=O)C=Cc1cc(C(C)(C)C)cc(-c2cccnc2OC)c1O. The second kappa shape index (κ2) is 7.38. The summed E-state index contributed by atoms with van der Waals surface area (Å²) >= 11 is 0. The van der Waals surface area contributed by atoms with Gasteiger partial charge in [0.25, 0.3) is 0 Å². The summed E-state index contributed by atoms with van der Waals surface area (Å²) < 4.78 is 9.94. The van der Waals surface area contributed by atoms with Gasteiger partial charge in [0, 0.05) is 29.0 Å². The molecule has 1 N–H and O–H groups in total. The number of phenols is 1. The number of esters is 1. The first-order valence-electron chi connectivity index (χ1n) is 7.91. The molecular weight excluding hydrogens is 318 g/mol. The van der Waals surface area contributed by atoms with Crippen molar-refractivity contribution in [1.82, 2.24) is 4.98 Å². The second-order valence-corrected chi connectivity index (χ2v) is 6.63. The van der Waals surface area contributed by atoms with E-state index in [4.69, 9.17) is 4.74 Å². The number of pyridine rings is 1. The van der Waals surface area contributed by atoms with Crippen molar-refractivity contribution in [2.24, 2.45) is 0 Å². The quantitative estimate of drug-likeness (QED) is 0.674. The molecule has 2 rings (SSSR count). The predicted octanol–water partition coefficient (Wildman–Crippen LogP) is 3.95. The summed E-state index contributed by atoms with van der Waals surface area (Å²) in [6, 6.07) is 7.40. The van der Waals surface area contributed by atoms with Crippen molar-refractivity contribution in [2.75, 3.05) is 14.2 Å². The highest BCUT2D eigenvalue weighted by Gasteiger charge is 2.20. The Bertz CT molecular complexity index is 804. The molecule has 1 heterocycles. The van der Waals surface area contributed by atoms with E-state index in [1.165, 1.54) is 20.3 Å². The van der Waals surface area contributed by atoms with Gasteiger partial charge in [0.15, 0.2) is 0 Å². The largest absolute Gasteiger partial charge is 0.507 e. The molecule has 1 aromatic heterocycles. The van der Waals surface area contributed by atoms with E-state index < -0.39 is 5.97 Å². The number of hydrogen-bond donors (Lipinski definition) is 1. The summed E-state index contributed by atoms with van der Waals surface area (Å²) in [6.07, 6.45) is 4.46. The fraction of sp³-hybridized carbons (Fsp3) is 0.300. The van der Waals surface area contributed by atoms with Gasteiger partial charge in [-0.15, -0.1) is 0 Å². The molecule has 0 bridgehead atoms. The van der Waals surface area contributed by atoms with Gasteiger partial charge in [-0.2, -0.15) is 0 Å². The fourth-order valence-corrected chi connectivity index (χ4v) is 2.41. The summed E-state index contributed by atoms with van der Waals surface area (Å²) in [7, 11) is 2.85. The molecule has 0 aliphatic heterocycles. The number of phenolic OH excluding ortho intramolecular Hbond substituents is 1. The van der Waals surface area contributed by atoms with Crippen molar-refractivity contribution in [3.05, 3.63) is 47.7 Å². The Labute approximate surface area is 147 Å². The summed E-state index contributed by atoms with van der Waals surface area (Å²) in [4.78, 5) is 15.6. The molecule has 0 aliphatic carbocycles. The molecule has 0 saturated heterocycles. The number of nitrogens with zero attached hydrogens (tertiary/aromatic N) is 1. The van der Waals surface area contributed by atoms with Gasteiger partial charge in [-0.1, -0.05) is 20.8 Å². The maximum atomic E-state index is 11.4. The first-order chi connectivity index (χ1) is 11.8. The summed E-state index contributed by atoms with van der Waals surface area (Å²) in [5.74, 6) is -0.00715. The lowest BCUT2D eigenvalue weighted by Gasteiger charge is -2.22. The number of aromatic hydroxyl groups is 1. The van der Waals surface area contributed by atoms with E-state index in [0.717, 1.165) is 5.56 Å². The Kier molecular flexibility index (Phi) is 5.47. The van der Waals surface area contributed by atoms with Crippen LogP contribution in [0.1, 0.15) is 31.9 Å². The highest BCUT2D eigenvalue weighted by atomic mass is 16.5. The zero-order chi connectivity index (χ0) is 18.6. The lowest BCUT2D eigenvalue weighted by Crippen LogP contribution is -2.11. The van der Waals surface area contributed by atoms with Gasteiger partial charge >= 0.3 is 5.97 Å². The normalized spacial score (nSPS) is 11.6. The van der Waals surface area contributed by atoms with Crippen LogP contribution in [-0.2, 0) is 14.9 Å². The van der Waals surface area contributed by atoms with Crippen LogP contribution in [0.5, 0.6) is 11.6 Å². The minimum absolute atomic E-state index is 0.0550. The number of ether oxygens (including phenoxy) is 2. The van der Waals surface area contributed by atoms with E-state index in [1.807, 2.05) is 18.2 Å².